The average Bonchev–Trinajstić information content (AvgIpc) is 3.43. The Balaban J connectivity index is 1.12. The van der Waals surface area contributed by atoms with E-state index < -0.39 is 11.4 Å². The van der Waals surface area contributed by atoms with E-state index in [0.29, 0.717) is 43.5 Å². The van der Waals surface area contributed by atoms with E-state index in [4.69, 9.17) is 0 Å². The number of H-pyrrole nitrogens is 1. The van der Waals surface area contributed by atoms with Crippen LogP contribution in [-0.4, -0.2) is 50.0 Å². The zero-order valence-corrected chi connectivity index (χ0v) is 22.6. The molecule has 3 N–H and O–H groups in total. The molecule has 7 heteroatoms. The van der Waals surface area contributed by atoms with Crippen molar-refractivity contribution in [2.75, 3.05) is 13.1 Å². The van der Waals surface area contributed by atoms with Crippen molar-refractivity contribution in [3.05, 3.63) is 108 Å². The molecule has 1 aliphatic heterocycles. The maximum absolute atomic E-state index is 13.1. The number of nitrogens with zero attached hydrogens (tertiary/aromatic N) is 2. The highest BCUT2D eigenvalue weighted by atomic mass is 16.4. The second-order valence-electron chi connectivity index (χ2n) is 10.9. The van der Waals surface area contributed by atoms with Crippen LogP contribution in [0.3, 0.4) is 0 Å². The van der Waals surface area contributed by atoms with E-state index in [2.05, 4.69) is 9.97 Å². The first-order valence-corrected chi connectivity index (χ1v) is 13.8. The maximum atomic E-state index is 13.1. The van der Waals surface area contributed by atoms with Crippen LogP contribution in [0.4, 0.5) is 0 Å². The lowest BCUT2D eigenvalue weighted by atomic mass is 9.73. The number of pyridine rings is 1. The number of piperidine rings is 1. The quantitative estimate of drug-likeness (QED) is 0.230. The molecule has 5 aromatic rings. The minimum absolute atomic E-state index is 0.00500. The summed E-state index contributed by atoms with van der Waals surface area (Å²) < 4.78 is 0. The minimum Gasteiger partial charge on any atom is -0.507 e. The molecule has 1 fully saturated rings. The number of aliphatic carboxylic acids is 1. The van der Waals surface area contributed by atoms with Gasteiger partial charge in [0.1, 0.15) is 5.75 Å². The van der Waals surface area contributed by atoms with Gasteiger partial charge < -0.3 is 20.1 Å². The lowest BCUT2D eigenvalue weighted by Crippen LogP contribution is -2.48. The molecule has 0 atom stereocenters. The molecule has 0 unspecified atom stereocenters. The average molecular weight is 546 g/mol. The van der Waals surface area contributed by atoms with Crippen molar-refractivity contribution in [3.63, 3.8) is 0 Å². The summed E-state index contributed by atoms with van der Waals surface area (Å²) >= 11 is 0. The van der Waals surface area contributed by atoms with Gasteiger partial charge in [-0.3, -0.25) is 14.6 Å². The Hall–Kier alpha value is -4.91. The van der Waals surface area contributed by atoms with Gasteiger partial charge in [0.05, 0.1) is 17.5 Å². The maximum Gasteiger partial charge on any atom is 0.310 e. The van der Waals surface area contributed by atoms with Crippen molar-refractivity contribution in [2.24, 2.45) is 5.41 Å². The number of nitrogens with one attached hydrogen (secondary N) is 1. The SMILES string of the molecule is O=C(Cc1ccc(-c2cccc(-c3cc4cnccc4[nH]3)c2O)cc1)N1CCC(Cc2ccccc2)(C(=O)O)CC1. The van der Waals surface area contributed by atoms with Crippen LogP contribution in [-0.2, 0) is 22.4 Å². The summed E-state index contributed by atoms with van der Waals surface area (Å²) in [5.74, 6) is -0.617. The zero-order valence-electron chi connectivity index (χ0n) is 22.6. The molecule has 0 radical (unpaired) electrons. The zero-order chi connectivity index (χ0) is 28.4. The molecular formula is C34H31N3O4. The summed E-state index contributed by atoms with van der Waals surface area (Å²) in [7, 11) is 0. The van der Waals surface area contributed by atoms with Gasteiger partial charge in [0, 0.05) is 47.5 Å². The van der Waals surface area contributed by atoms with E-state index in [0.717, 1.165) is 33.3 Å². The van der Waals surface area contributed by atoms with Gasteiger partial charge in [-0.1, -0.05) is 66.7 Å². The first-order chi connectivity index (χ1) is 19.9. The van der Waals surface area contributed by atoms with Gasteiger partial charge in [0.2, 0.25) is 5.91 Å². The highest BCUT2D eigenvalue weighted by Crippen LogP contribution is 2.39. The lowest BCUT2D eigenvalue weighted by Gasteiger charge is -2.39. The number of carboxylic acids is 1. The number of aromatic nitrogens is 2. The van der Waals surface area contributed by atoms with Crippen molar-refractivity contribution < 1.29 is 19.8 Å². The first-order valence-electron chi connectivity index (χ1n) is 13.8. The van der Waals surface area contributed by atoms with Crippen molar-refractivity contribution >= 4 is 22.8 Å². The summed E-state index contributed by atoms with van der Waals surface area (Å²) in [6, 6.07) is 26.9. The van der Waals surface area contributed by atoms with Crippen molar-refractivity contribution in [1.29, 1.82) is 0 Å². The number of fused-ring (bicyclic) bond motifs is 1. The van der Waals surface area contributed by atoms with Gasteiger partial charge in [-0.05, 0) is 54.2 Å². The van der Waals surface area contributed by atoms with Gasteiger partial charge in [0.15, 0.2) is 0 Å². The number of likely N-dealkylation sites (tertiary alicyclic amines) is 1. The molecule has 41 heavy (non-hydrogen) atoms. The number of carbonyl (C=O) groups is 2. The highest BCUT2D eigenvalue weighted by molar-refractivity contribution is 5.89. The molecule has 1 saturated heterocycles. The Morgan fingerprint density at radius 1 is 0.878 bits per heavy atom. The van der Waals surface area contributed by atoms with Crippen LogP contribution in [0.15, 0.2) is 97.3 Å². The molecule has 2 aromatic heterocycles. The number of benzene rings is 3. The number of phenols is 1. The number of hydrogen-bond acceptors (Lipinski definition) is 4. The Labute approximate surface area is 238 Å². The predicted molar refractivity (Wildman–Crippen MR) is 158 cm³/mol. The Morgan fingerprint density at radius 3 is 2.32 bits per heavy atom. The third kappa shape index (κ3) is 5.31. The van der Waals surface area contributed by atoms with Gasteiger partial charge in [0.25, 0.3) is 0 Å². The Kier molecular flexibility index (Phi) is 7.01. The van der Waals surface area contributed by atoms with Crippen LogP contribution in [0.5, 0.6) is 5.75 Å². The predicted octanol–water partition coefficient (Wildman–Crippen LogP) is 6.08. The smallest absolute Gasteiger partial charge is 0.310 e. The molecule has 3 heterocycles. The summed E-state index contributed by atoms with van der Waals surface area (Å²) in [5.41, 5.74) is 5.05. The van der Waals surface area contributed by atoms with Crippen LogP contribution in [0, 0.1) is 5.41 Å². The third-order valence-electron chi connectivity index (χ3n) is 8.28. The number of carboxylic acid groups (broad SMARTS) is 1. The molecule has 7 nitrogen and oxygen atoms in total. The first kappa shape index (κ1) is 26.3. The standard InChI is InChI=1S/C34H31N3O4/c38-31(37-17-14-34(15-18-37,33(40)41)21-24-5-2-1-3-6-24)19-23-9-11-25(12-10-23)27-7-4-8-28(32(27)39)30-20-26-22-35-16-13-29(26)36-30/h1-13,16,20,22,36,39H,14-15,17-19,21H2,(H,40,41). The fourth-order valence-electron chi connectivity index (χ4n) is 5.84. The molecule has 1 amide bonds. The molecule has 6 rings (SSSR count). The third-order valence-corrected chi connectivity index (χ3v) is 8.28. The summed E-state index contributed by atoms with van der Waals surface area (Å²) in [6.45, 7) is 0.862. The molecule has 206 valence electrons. The molecule has 1 aliphatic rings. The van der Waals surface area contributed by atoms with Gasteiger partial charge >= 0.3 is 5.97 Å². The number of hydrogen-bond donors (Lipinski definition) is 3. The number of amides is 1. The van der Waals surface area contributed by atoms with E-state index >= 15 is 0 Å². The molecule has 0 saturated carbocycles. The van der Waals surface area contributed by atoms with E-state index in [-0.39, 0.29) is 18.1 Å². The van der Waals surface area contributed by atoms with E-state index in [9.17, 15) is 19.8 Å². The normalized spacial score (nSPS) is 14.7. The topological polar surface area (TPSA) is 107 Å². The van der Waals surface area contributed by atoms with Gasteiger partial charge in [-0.15, -0.1) is 0 Å². The minimum atomic E-state index is -0.847. The Bertz CT molecular complexity index is 1670. The number of para-hydroxylation sites is 1. The van der Waals surface area contributed by atoms with E-state index in [1.807, 2.05) is 84.9 Å². The van der Waals surface area contributed by atoms with Crippen LogP contribution >= 0.6 is 0 Å². The summed E-state index contributed by atoms with van der Waals surface area (Å²) in [4.78, 5) is 34.6. The fourth-order valence-corrected chi connectivity index (χ4v) is 5.84. The van der Waals surface area contributed by atoms with Crippen molar-refractivity contribution in [3.8, 4) is 28.1 Å². The van der Waals surface area contributed by atoms with E-state index in [1.54, 1.807) is 17.3 Å². The van der Waals surface area contributed by atoms with Crippen molar-refractivity contribution in [1.82, 2.24) is 14.9 Å². The monoisotopic (exact) mass is 545 g/mol. The Morgan fingerprint density at radius 2 is 1.61 bits per heavy atom. The van der Waals surface area contributed by atoms with Crippen LogP contribution < -0.4 is 0 Å². The molecule has 0 aliphatic carbocycles. The second-order valence-corrected chi connectivity index (χ2v) is 10.9. The van der Waals surface area contributed by atoms with Crippen molar-refractivity contribution in [2.45, 2.75) is 25.7 Å². The van der Waals surface area contributed by atoms with Gasteiger partial charge in [-0.2, -0.15) is 0 Å². The summed E-state index contributed by atoms with van der Waals surface area (Å²) in [6.07, 6.45) is 5.10. The molecular weight excluding hydrogens is 514 g/mol. The highest BCUT2D eigenvalue weighted by Gasteiger charge is 2.42. The molecule has 3 aromatic carbocycles. The summed E-state index contributed by atoms with van der Waals surface area (Å²) in [5, 5.41) is 22.2. The number of phenolic OH excluding ortho intramolecular Hbond substituents is 1. The number of aromatic hydroxyl groups is 1. The van der Waals surface area contributed by atoms with Crippen LogP contribution in [0.1, 0.15) is 24.0 Å². The number of carbonyl (C=O) groups excluding carboxylic acids is 1. The number of aromatic amines is 1. The van der Waals surface area contributed by atoms with Crippen LogP contribution in [0.25, 0.3) is 33.3 Å². The molecule has 0 bridgehead atoms. The van der Waals surface area contributed by atoms with Crippen LogP contribution in [0.2, 0.25) is 0 Å². The lowest BCUT2D eigenvalue weighted by molar-refractivity contribution is -0.154. The largest absolute Gasteiger partial charge is 0.507 e. The fraction of sp³-hybridized carbons (Fsp3) is 0.206. The number of rotatable bonds is 7. The van der Waals surface area contributed by atoms with Gasteiger partial charge in [-0.25, -0.2) is 0 Å². The second kappa shape index (κ2) is 10.9. The van der Waals surface area contributed by atoms with E-state index in [1.165, 1.54) is 0 Å². The molecule has 0 spiro atoms.